The van der Waals surface area contributed by atoms with Crippen molar-refractivity contribution in [3.63, 3.8) is 0 Å². The molecular formula is C25H27ClF6N4O3S. The molecule has 220 valence electrons. The summed E-state index contributed by atoms with van der Waals surface area (Å²) in [6, 6.07) is 11.2. The molecule has 0 aliphatic carbocycles. The highest BCUT2D eigenvalue weighted by Gasteiger charge is 2.74. The summed E-state index contributed by atoms with van der Waals surface area (Å²) in [7, 11) is -3.40. The lowest BCUT2D eigenvalue weighted by Crippen LogP contribution is -2.62. The fraction of sp³-hybridized carbons (Fsp3) is 0.480. The molecule has 0 saturated carbocycles. The van der Waals surface area contributed by atoms with Gasteiger partial charge in [-0.05, 0) is 43.7 Å². The van der Waals surface area contributed by atoms with E-state index in [0.29, 0.717) is 24.3 Å². The average molecular weight is 613 g/mol. The SMILES string of the molecule is CC(C)S(=O)(=O)N1CCN(c2ccc(C3CC(C(O)(C(F)(F)F)C(F)(F)F)=NN3c3ccccc3Cl)cc2)CC1. The van der Waals surface area contributed by atoms with Crippen LogP contribution in [0.15, 0.2) is 53.6 Å². The first kappa shape index (κ1) is 30.4. The van der Waals surface area contributed by atoms with Crippen LogP contribution in [0.3, 0.4) is 0 Å². The van der Waals surface area contributed by atoms with Crippen LogP contribution in [0.25, 0.3) is 0 Å². The molecule has 0 bridgehead atoms. The summed E-state index contributed by atoms with van der Waals surface area (Å²) in [5.74, 6) is 0. The maximum atomic E-state index is 13.7. The van der Waals surface area contributed by atoms with Crippen LogP contribution in [0, 0.1) is 0 Å². The molecule has 7 nitrogen and oxygen atoms in total. The number of hydrogen-bond donors (Lipinski definition) is 1. The third-order valence-electron chi connectivity index (χ3n) is 7.09. The summed E-state index contributed by atoms with van der Waals surface area (Å²) in [6.45, 7) is 4.56. The number of nitrogens with zero attached hydrogens (tertiary/aromatic N) is 4. The van der Waals surface area contributed by atoms with Gasteiger partial charge in [0.2, 0.25) is 10.0 Å². The zero-order chi connectivity index (χ0) is 29.7. The Morgan fingerprint density at radius 2 is 1.48 bits per heavy atom. The number of aliphatic hydroxyl groups is 1. The Bertz CT molecular complexity index is 1340. The van der Waals surface area contributed by atoms with Crippen molar-refractivity contribution in [3.8, 4) is 0 Å². The fourth-order valence-corrected chi connectivity index (χ4v) is 6.23. The van der Waals surface area contributed by atoms with Crippen molar-refractivity contribution < 1.29 is 39.9 Å². The van der Waals surface area contributed by atoms with E-state index in [0.717, 1.165) is 5.01 Å². The molecule has 2 aliphatic heterocycles. The lowest BCUT2D eigenvalue weighted by molar-refractivity contribution is -0.338. The standard InChI is InChI=1S/C25H27ClF6N4O3S/c1-16(2)40(38,39)35-13-11-34(12-14-35)18-9-7-17(8-10-18)21-15-22(23(37,24(27,28)29)25(30,31)32)33-36(21)20-6-4-3-5-19(20)26/h3-10,16,21,37H,11-15H2,1-2H3. The molecule has 2 aliphatic rings. The summed E-state index contributed by atoms with van der Waals surface area (Å²) in [6.07, 6.45) is -13.0. The molecule has 2 heterocycles. The number of hydrogen-bond acceptors (Lipinski definition) is 6. The fourth-order valence-electron chi connectivity index (χ4n) is 4.74. The molecule has 2 aromatic carbocycles. The Morgan fingerprint density at radius 1 is 0.925 bits per heavy atom. The van der Waals surface area contributed by atoms with E-state index in [1.807, 2.05) is 4.90 Å². The maximum Gasteiger partial charge on any atom is 0.431 e. The van der Waals surface area contributed by atoms with Gasteiger partial charge in [0, 0.05) is 38.3 Å². The Balaban J connectivity index is 1.63. The first-order chi connectivity index (χ1) is 18.5. The molecule has 1 atom stereocenters. The number of halogens is 7. The van der Waals surface area contributed by atoms with Crippen LogP contribution < -0.4 is 9.91 Å². The van der Waals surface area contributed by atoms with E-state index in [4.69, 9.17) is 11.6 Å². The molecule has 40 heavy (non-hydrogen) atoms. The van der Waals surface area contributed by atoms with Gasteiger partial charge in [0.25, 0.3) is 5.60 Å². The number of alkyl halides is 6. The first-order valence-corrected chi connectivity index (χ1v) is 14.2. The molecule has 15 heteroatoms. The molecule has 1 unspecified atom stereocenters. The molecule has 0 radical (unpaired) electrons. The number of anilines is 2. The van der Waals surface area contributed by atoms with E-state index < -0.39 is 51.4 Å². The number of rotatable bonds is 6. The predicted octanol–water partition coefficient (Wildman–Crippen LogP) is 5.36. The highest BCUT2D eigenvalue weighted by molar-refractivity contribution is 7.89. The molecule has 4 rings (SSSR count). The Kier molecular flexibility index (Phi) is 8.13. The normalized spacial score (nSPS) is 19.9. The molecule has 0 spiro atoms. The van der Waals surface area contributed by atoms with Gasteiger partial charge in [-0.2, -0.15) is 35.7 Å². The molecule has 0 aromatic heterocycles. The third kappa shape index (κ3) is 5.38. The number of para-hydroxylation sites is 1. The van der Waals surface area contributed by atoms with Crippen LogP contribution in [0.5, 0.6) is 0 Å². The minimum Gasteiger partial charge on any atom is -0.369 e. The van der Waals surface area contributed by atoms with Gasteiger partial charge in [0.05, 0.1) is 27.7 Å². The number of piperazine rings is 1. The highest BCUT2D eigenvalue weighted by Crippen LogP contribution is 2.49. The van der Waals surface area contributed by atoms with Gasteiger partial charge in [-0.15, -0.1) is 0 Å². The molecule has 1 fully saturated rings. The van der Waals surface area contributed by atoms with Crippen LogP contribution >= 0.6 is 11.6 Å². The van der Waals surface area contributed by atoms with Crippen molar-refractivity contribution in [1.29, 1.82) is 0 Å². The zero-order valence-corrected chi connectivity index (χ0v) is 23.0. The van der Waals surface area contributed by atoms with Crippen LogP contribution in [0.2, 0.25) is 5.02 Å². The largest absolute Gasteiger partial charge is 0.431 e. The second-order valence-corrected chi connectivity index (χ2v) is 12.7. The van der Waals surface area contributed by atoms with Crippen LogP contribution in [0.4, 0.5) is 37.7 Å². The van der Waals surface area contributed by atoms with E-state index in [2.05, 4.69) is 5.10 Å². The van der Waals surface area contributed by atoms with Gasteiger partial charge in [0.1, 0.15) is 0 Å². The molecule has 1 saturated heterocycles. The van der Waals surface area contributed by atoms with Crippen LogP contribution in [-0.4, -0.2) is 72.9 Å². The van der Waals surface area contributed by atoms with Crippen LogP contribution in [0.1, 0.15) is 31.9 Å². The summed E-state index contributed by atoms with van der Waals surface area (Å²) in [5.41, 5.74) is -5.53. The van der Waals surface area contributed by atoms with Gasteiger partial charge in [-0.3, -0.25) is 5.01 Å². The van der Waals surface area contributed by atoms with Crippen molar-refractivity contribution in [3.05, 3.63) is 59.1 Å². The smallest absolute Gasteiger partial charge is 0.369 e. The second-order valence-electron chi connectivity index (χ2n) is 9.84. The average Bonchev–Trinajstić information content (AvgIpc) is 3.32. The highest BCUT2D eigenvalue weighted by atomic mass is 35.5. The lowest BCUT2D eigenvalue weighted by atomic mass is 9.90. The number of sulfonamides is 1. The van der Waals surface area contributed by atoms with Crippen molar-refractivity contribution in [2.75, 3.05) is 36.1 Å². The Hall–Kier alpha value is -2.55. The molecular weight excluding hydrogens is 586 g/mol. The molecule has 1 N–H and O–H groups in total. The topological polar surface area (TPSA) is 76.5 Å². The predicted molar refractivity (Wildman–Crippen MR) is 140 cm³/mol. The second kappa shape index (κ2) is 10.7. The van der Waals surface area contributed by atoms with Crippen molar-refractivity contribution in [2.24, 2.45) is 5.10 Å². The summed E-state index contributed by atoms with van der Waals surface area (Å²) in [4.78, 5) is 1.94. The number of hydrazone groups is 1. The zero-order valence-electron chi connectivity index (χ0n) is 21.4. The van der Waals surface area contributed by atoms with Gasteiger partial charge in [-0.25, -0.2) is 8.42 Å². The monoisotopic (exact) mass is 612 g/mol. The van der Waals surface area contributed by atoms with Crippen molar-refractivity contribution in [1.82, 2.24) is 4.31 Å². The van der Waals surface area contributed by atoms with E-state index >= 15 is 0 Å². The molecule has 0 amide bonds. The maximum absolute atomic E-state index is 13.7. The minimum atomic E-state index is -6.07. The van der Waals surface area contributed by atoms with Gasteiger partial charge in [0.15, 0.2) is 0 Å². The summed E-state index contributed by atoms with van der Waals surface area (Å²) < 4.78 is 108. The lowest BCUT2D eigenvalue weighted by Gasteiger charge is -2.36. The third-order valence-corrected chi connectivity index (χ3v) is 9.68. The van der Waals surface area contributed by atoms with Crippen molar-refractivity contribution >= 4 is 38.7 Å². The van der Waals surface area contributed by atoms with Crippen LogP contribution in [-0.2, 0) is 10.0 Å². The molecule has 2 aromatic rings. The summed E-state index contributed by atoms with van der Waals surface area (Å²) >= 11 is 6.22. The quantitative estimate of drug-likeness (QED) is 0.445. The van der Waals surface area contributed by atoms with E-state index in [-0.39, 0.29) is 23.8 Å². The van der Waals surface area contributed by atoms with Gasteiger partial charge in [-0.1, -0.05) is 35.9 Å². The minimum absolute atomic E-state index is 0.0471. The van der Waals surface area contributed by atoms with Gasteiger partial charge < -0.3 is 10.0 Å². The Morgan fingerprint density at radius 3 is 1.98 bits per heavy atom. The summed E-state index contributed by atoms with van der Waals surface area (Å²) in [5, 5.41) is 14.1. The number of benzene rings is 2. The van der Waals surface area contributed by atoms with E-state index in [1.54, 1.807) is 44.2 Å². The van der Waals surface area contributed by atoms with Gasteiger partial charge >= 0.3 is 12.4 Å². The Labute approximate surface area is 232 Å². The van der Waals surface area contributed by atoms with Crippen molar-refractivity contribution in [2.45, 2.75) is 49.5 Å². The first-order valence-electron chi connectivity index (χ1n) is 12.3. The van der Waals surface area contributed by atoms with E-state index in [1.165, 1.54) is 22.5 Å². The van der Waals surface area contributed by atoms with E-state index in [9.17, 15) is 39.9 Å².